The average molecular weight is 280 g/mol. The Morgan fingerprint density at radius 2 is 1.84 bits per heavy atom. The van der Waals surface area contributed by atoms with Gasteiger partial charge in [0.1, 0.15) is 0 Å². The molecule has 106 valence electrons. The molecule has 1 N–H and O–H groups in total. The monoisotopic (exact) mass is 280 g/mol. The van der Waals surface area contributed by atoms with E-state index >= 15 is 0 Å². The third-order valence-electron chi connectivity index (χ3n) is 3.28. The summed E-state index contributed by atoms with van der Waals surface area (Å²) in [7, 11) is 1.82. The molecule has 0 aliphatic rings. The number of thioether (sulfide) groups is 1. The second-order valence-corrected chi connectivity index (χ2v) is 6.07. The van der Waals surface area contributed by atoms with E-state index < -0.39 is 0 Å². The molecule has 0 fully saturated rings. The zero-order valence-corrected chi connectivity index (χ0v) is 13.3. The van der Waals surface area contributed by atoms with Crippen LogP contribution in [0.1, 0.15) is 26.3 Å². The van der Waals surface area contributed by atoms with E-state index in [4.69, 9.17) is 0 Å². The van der Waals surface area contributed by atoms with E-state index in [1.165, 1.54) is 4.90 Å². The quantitative estimate of drug-likeness (QED) is 0.836. The number of hydrogen-bond acceptors (Lipinski definition) is 2. The first kappa shape index (κ1) is 15.9. The molecule has 0 aromatic heterocycles. The van der Waals surface area contributed by atoms with Gasteiger partial charge in [0.25, 0.3) is 0 Å². The molecule has 3 nitrogen and oxygen atoms in total. The van der Waals surface area contributed by atoms with Crippen molar-refractivity contribution in [3.8, 4) is 0 Å². The fourth-order valence-electron chi connectivity index (χ4n) is 1.55. The van der Waals surface area contributed by atoms with E-state index in [1.807, 2.05) is 14.0 Å². The number of carbonyl (C=O) groups is 1. The van der Waals surface area contributed by atoms with Gasteiger partial charge in [0.05, 0.1) is 0 Å². The molecule has 0 saturated carbocycles. The lowest BCUT2D eigenvalue weighted by atomic mass is 10.1. The zero-order valence-electron chi connectivity index (χ0n) is 12.4. The minimum atomic E-state index is -0.0184. The third kappa shape index (κ3) is 5.15. The van der Waals surface area contributed by atoms with Crippen LogP contribution >= 0.6 is 11.8 Å². The highest BCUT2D eigenvalue weighted by molar-refractivity contribution is 7.98. The summed E-state index contributed by atoms with van der Waals surface area (Å²) >= 11 is 1.72. The van der Waals surface area contributed by atoms with Gasteiger partial charge >= 0.3 is 6.03 Å². The highest BCUT2D eigenvalue weighted by Crippen LogP contribution is 2.15. The third-order valence-corrected chi connectivity index (χ3v) is 4.02. The van der Waals surface area contributed by atoms with Crippen molar-refractivity contribution in [2.75, 3.05) is 13.3 Å². The van der Waals surface area contributed by atoms with E-state index in [1.54, 1.807) is 16.7 Å². The first-order valence-corrected chi connectivity index (χ1v) is 7.81. The second kappa shape index (κ2) is 7.43. The van der Waals surface area contributed by atoms with E-state index in [2.05, 4.69) is 49.7 Å². The number of benzene rings is 1. The summed E-state index contributed by atoms with van der Waals surface area (Å²) in [6.07, 6.45) is 2.06. The van der Waals surface area contributed by atoms with Crippen molar-refractivity contribution >= 4 is 17.8 Å². The Bertz CT molecular complexity index is 403. The van der Waals surface area contributed by atoms with Gasteiger partial charge in [0.2, 0.25) is 0 Å². The van der Waals surface area contributed by atoms with Gasteiger partial charge in [-0.3, -0.25) is 0 Å². The lowest BCUT2D eigenvalue weighted by Gasteiger charge is -2.23. The van der Waals surface area contributed by atoms with Crippen LogP contribution in [0.5, 0.6) is 0 Å². The SMILES string of the molecule is CSc1ccc(CN(C)C(=O)NC(C)C(C)C)cc1. The predicted octanol–water partition coefficient (Wildman–Crippen LogP) is 3.59. The normalized spacial score (nSPS) is 12.3. The van der Waals surface area contributed by atoms with Crippen LogP contribution in [0.15, 0.2) is 29.2 Å². The fourth-order valence-corrected chi connectivity index (χ4v) is 1.96. The summed E-state index contributed by atoms with van der Waals surface area (Å²) in [5.41, 5.74) is 1.15. The molecule has 0 bridgehead atoms. The molecule has 0 spiro atoms. The first-order valence-electron chi connectivity index (χ1n) is 6.58. The van der Waals surface area contributed by atoms with Crippen molar-refractivity contribution in [3.63, 3.8) is 0 Å². The number of carbonyl (C=O) groups excluding carboxylic acids is 1. The van der Waals surface area contributed by atoms with Crippen LogP contribution in [0.3, 0.4) is 0 Å². The van der Waals surface area contributed by atoms with Crippen LogP contribution in [0.4, 0.5) is 4.79 Å². The minimum Gasteiger partial charge on any atom is -0.335 e. The Kier molecular flexibility index (Phi) is 6.22. The Hall–Kier alpha value is -1.16. The highest BCUT2D eigenvalue weighted by atomic mass is 32.2. The summed E-state index contributed by atoms with van der Waals surface area (Å²) in [5.74, 6) is 0.443. The van der Waals surface area contributed by atoms with Crippen LogP contribution < -0.4 is 5.32 Å². The van der Waals surface area contributed by atoms with Crippen LogP contribution in [-0.4, -0.2) is 30.3 Å². The molecular weight excluding hydrogens is 256 g/mol. The Labute approximate surface area is 120 Å². The zero-order chi connectivity index (χ0) is 14.4. The van der Waals surface area contributed by atoms with Crippen molar-refractivity contribution in [2.45, 2.75) is 38.3 Å². The van der Waals surface area contributed by atoms with Crippen molar-refractivity contribution in [2.24, 2.45) is 5.92 Å². The smallest absolute Gasteiger partial charge is 0.317 e. The molecule has 0 heterocycles. The van der Waals surface area contributed by atoms with Crippen molar-refractivity contribution in [1.82, 2.24) is 10.2 Å². The van der Waals surface area contributed by atoms with E-state index in [9.17, 15) is 4.79 Å². The number of nitrogens with one attached hydrogen (secondary N) is 1. The predicted molar refractivity (Wildman–Crippen MR) is 82.5 cm³/mol. The number of hydrogen-bond donors (Lipinski definition) is 1. The average Bonchev–Trinajstić information content (AvgIpc) is 2.39. The summed E-state index contributed by atoms with van der Waals surface area (Å²) in [5, 5.41) is 3.00. The summed E-state index contributed by atoms with van der Waals surface area (Å²) in [6.45, 7) is 6.87. The molecule has 0 saturated heterocycles. The summed E-state index contributed by atoms with van der Waals surface area (Å²) in [6, 6.07) is 8.48. The lowest BCUT2D eigenvalue weighted by molar-refractivity contribution is 0.200. The van der Waals surface area contributed by atoms with Gasteiger partial charge in [-0.1, -0.05) is 26.0 Å². The molecule has 19 heavy (non-hydrogen) atoms. The molecule has 4 heteroatoms. The standard InChI is InChI=1S/C15H24N2OS/c1-11(2)12(3)16-15(18)17(4)10-13-6-8-14(19-5)9-7-13/h6-9,11-12H,10H2,1-5H3,(H,16,18). The molecule has 1 atom stereocenters. The number of rotatable bonds is 5. The summed E-state index contributed by atoms with van der Waals surface area (Å²) in [4.78, 5) is 15.0. The maximum atomic E-state index is 12.0. The molecule has 0 radical (unpaired) electrons. The number of urea groups is 1. The fraction of sp³-hybridized carbons (Fsp3) is 0.533. The molecular formula is C15H24N2OS. The molecule has 1 aromatic carbocycles. The van der Waals surface area contributed by atoms with Gasteiger partial charge in [-0.15, -0.1) is 11.8 Å². The largest absolute Gasteiger partial charge is 0.335 e. The molecule has 0 aliphatic heterocycles. The van der Waals surface area contributed by atoms with Gasteiger partial charge in [0.15, 0.2) is 0 Å². The Balaban J connectivity index is 2.53. The first-order chi connectivity index (χ1) is 8.93. The summed E-state index contributed by atoms with van der Waals surface area (Å²) < 4.78 is 0. The van der Waals surface area contributed by atoms with Crippen LogP contribution in [0.25, 0.3) is 0 Å². The molecule has 1 unspecified atom stereocenters. The minimum absolute atomic E-state index is 0.0184. The van der Waals surface area contributed by atoms with Crippen molar-refractivity contribution < 1.29 is 4.79 Å². The van der Waals surface area contributed by atoms with Gasteiger partial charge in [-0.25, -0.2) is 4.79 Å². The van der Waals surface area contributed by atoms with Crippen molar-refractivity contribution in [1.29, 1.82) is 0 Å². The van der Waals surface area contributed by atoms with E-state index in [0.717, 1.165) is 5.56 Å². The Morgan fingerprint density at radius 1 is 1.26 bits per heavy atom. The van der Waals surface area contributed by atoms with Crippen molar-refractivity contribution in [3.05, 3.63) is 29.8 Å². The maximum absolute atomic E-state index is 12.0. The van der Waals surface area contributed by atoms with Crippen LogP contribution in [0, 0.1) is 5.92 Å². The topological polar surface area (TPSA) is 32.3 Å². The second-order valence-electron chi connectivity index (χ2n) is 5.19. The maximum Gasteiger partial charge on any atom is 0.317 e. The number of nitrogens with zero attached hydrogens (tertiary/aromatic N) is 1. The van der Waals surface area contributed by atoms with Gasteiger partial charge in [-0.05, 0) is 36.8 Å². The Morgan fingerprint density at radius 3 is 2.32 bits per heavy atom. The molecule has 1 rings (SSSR count). The molecule has 2 amide bonds. The number of amides is 2. The van der Waals surface area contributed by atoms with Gasteiger partial charge in [0, 0.05) is 24.5 Å². The van der Waals surface area contributed by atoms with Gasteiger partial charge < -0.3 is 10.2 Å². The van der Waals surface area contributed by atoms with Crippen LogP contribution in [-0.2, 0) is 6.54 Å². The van der Waals surface area contributed by atoms with Crippen LogP contribution in [0.2, 0.25) is 0 Å². The van der Waals surface area contributed by atoms with E-state index in [0.29, 0.717) is 12.5 Å². The highest BCUT2D eigenvalue weighted by Gasteiger charge is 2.14. The van der Waals surface area contributed by atoms with Gasteiger partial charge in [-0.2, -0.15) is 0 Å². The van der Waals surface area contributed by atoms with E-state index in [-0.39, 0.29) is 12.1 Å². The lowest BCUT2D eigenvalue weighted by Crippen LogP contribution is -2.43. The molecule has 0 aliphatic carbocycles. The molecule has 1 aromatic rings.